The van der Waals surface area contributed by atoms with Crippen molar-refractivity contribution < 1.29 is 23.7 Å². The molecule has 18 heavy (non-hydrogen) atoms. The second-order valence-electron chi connectivity index (χ2n) is 4.98. The molecule has 0 unspecified atom stereocenters. The SMILES string of the molecule is O=C(OCC1CCOCC1)OCC1CCOCC1. The van der Waals surface area contributed by atoms with Gasteiger partial charge in [0.1, 0.15) is 0 Å². The summed E-state index contributed by atoms with van der Waals surface area (Å²) in [5.41, 5.74) is 0. The molecule has 2 rings (SSSR count). The lowest BCUT2D eigenvalue weighted by Crippen LogP contribution is -2.24. The number of rotatable bonds is 4. The van der Waals surface area contributed by atoms with E-state index in [9.17, 15) is 4.79 Å². The summed E-state index contributed by atoms with van der Waals surface area (Å²) in [4.78, 5) is 11.4. The van der Waals surface area contributed by atoms with E-state index in [0.29, 0.717) is 25.0 Å². The van der Waals surface area contributed by atoms with Crippen LogP contribution in [-0.4, -0.2) is 45.8 Å². The molecule has 2 saturated heterocycles. The summed E-state index contributed by atoms with van der Waals surface area (Å²) in [5.74, 6) is 0.851. The summed E-state index contributed by atoms with van der Waals surface area (Å²) in [6, 6.07) is 0. The molecule has 0 aromatic carbocycles. The summed E-state index contributed by atoms with van der Waals surface area (Å²) in [6.07, 6.45) is 3.33. The Balaban J connectivity index is 1.54. The van der Waals surface area contributed by atoms with E-state index in [4.69, 9.17) is 18.9 Å². The molecule has 104 valence electrons. The number of carbonyl (C=O) groups excluding carboxylic acids is 1. The highest BCUT2D eigenvalue weighted by atomic mass is 16.7. The topological polar surface area (TPSA) is 54.0 Å². The van der Waals surface area contributed by atoms with Crippen molar-refractivity contribution in [3.8, 4) is 0 Å². The third kappa shape index (κ3) is 4.82. The van der Waals surface area contributed by atoms with Crippen LogP contribution in [-0.2, 0) is 18.9 Å². The lowest BCUT2D eigenvalue weighted by Gasteiger charge is -2.23. The average Bonchev–Trinajstić information content (AvgIpc) is 2.45. The molecule has 5 heteroatoms. The minimum atomic E-state index is -0.534. The fourth-order valence-corrected chi connectivity index (χ4v) is 2.24. The highest BCUT2D eigenvalue weighted by Gasteiger charge is 2.18. The average molecular weight is 258 g/mol. The van der Waals surface area contributed by atoms with E-state index < -0.39 is 6.16 Å². The van der Waals surface area contributed by atoms with Crippen molar-refractivity contribution in [3.63, 3.8) is 0 Å². The predicted molar refractivity (Wildman–Crippen MR) is 64.4 cm³/mol. The van der Waals surface area contributed by atoms with Crippen molar-refractivity contribution in [2.75, 3.05) is 39.6 Å². The zero-order valence-electron chi connectivity index (χ0n) is 10.8. The second-order valence-corrected chi connectivity index (χ2v) is 4.98. The van der Waals surface area contributed by atoms with Crippen LogP contribution in [0.25, 0.3) is 0 Å². The van der Waals surface area contributed by atoms with Crippen molar-refractivity contribution in [2.24, 2.45) is 11.8 Å². The van der Waals surface area contributed by atoms with Crippen LogP contribution in [0.4, 0.5) is 4.79 Å². The van der Waals surface area contributed by atoms with Gasteiger partial charge in [-0.3, -0.25) is 0 Å². The normalized spacial score (nSPS) is 22.7. The molecule has 2 fully saturated rings. The lowest BCUT2D eigenvalue weighted by molar-refractivity contribution is -0.00487. The maximum atomic E-state index is 11.4. The molecule has 0 amide bonds. The molecule has 5 nitrogen and oxygen atoms in total. The summed E-state index contributed by atoms with van der Waals surface area (Å²) in [6.45, 7) is 3.98. The van der Waals surface area contributed by atoms with Crippen LogP contribution >= 0.6 is 0 Å². The van der Waals surface area contributed by atoms with E-state index in [1.807, 2.05) is 0 Å². The Labute approximate surface area is 108 Å². The van der Waals surface area contributed by atoms with Crippen molar-refractivity contribution >= 4 is 6.16 Å². The molecule has 2 aliphatic rings. The minimum Gasteiger partial charge on any atom is -0.434 e. The Kier molecular flexibility index (Phi) is 5.74. The van der Waals surface area contributed by atoms with Crippen LogP contribution in [0.2, 0.25) is 0 Å². The van der Waals surface area contributed by atoms with E-state index in [-0.39, 0.29) is 0 Å². The van der Waals surface area contributed by atoms with E-state index in [1.54, 1.807) is 0 Å². The molecule has 0 aromatic rings. The van der Waals surface area contributed by atoms with Crippen molar-refractivity contribution in [1.29, 1.82) is 0 Å². The summed E-state index contributed by atoms with van der Waals surface area (Å²) < 4.78 is 20.7. The maximum absolute atomic E-state index is 11.4. The molecular weight excluding hydrogens is 236 g/mol. The summed E-state index contributed by atoms with van der Waals surface area (Å²) >= 11 is 0. The molecule has 2 heterocycles. The first-order chi connectivity index (χ1) is 8.84. The highest BCUT2D eigenvalue weighted by molar-refractivity contribution is 5.59. The van der Waals surface area contributed by atoms with Crippen LogP contribution in [0.3, 0.4) is 0 Å². The molecule has 0 aromatic heterocycles. The molecule has 0 atom stereocenters. The van der Waals surface area contributed by atoms with E-state index in [0.717, 1.165) is 52.1 Å². The quantitative estimate of drug-likeness (QED) is 0.722. The van der Waals surface area contributed by atoms with Gasteiger partial charge < -0.3 is 18.9 Å². The van der Waals surface area contributed by atoms with E-state index >= 15 is 0 Å². The first-order valence-corrected chi connectivity index (χ1v) is 6.79. The van der Waals surface area contributed by atoms with Crippen LogP contribution in [0, 0.1) is 11.8 Å². The molecule has 0 spiro atoms. The van der Waals surface area contributed by atoms with Gasteiger partial charge >= 0.3 is 6.16 Å². The van der Waals surface area contributed by atoms with Gasteiger partial charge in [0.15, 0.2) is 0 Å². The molecule has 0 bridgehead atoms. The zero-order valence-corrected chi connectivity index (χ0v) is 10.8. The van der Waals surface area contributed by atoms with Crippen LogP contribution in [0.15, 0.2) is 0 Å². The van der Waals surface area contributed by atoms with E-state index in [2.05, 4.69) is 0 Å². The Morgan fingerprint density at radius 1 is 0.833 bits per heavy atom. The standard InChI is InChI=1S/C13H22O5/c14-13(17-9-11-1-5-15-6-2-11)18-10-12-3-7-16-8-4-12/h11-12H,1-10H2. The molecule has 0 N–H and O–H groups in total. The van der Waals surface area contributed by atoms with Gasteiger partial charge in [0.25, 0.3) is 0 Å². The highest BCUT2D eigenvalue weighted by Crippen LogP contribution is 2.16. The van der Waals surface area contributed by atoms with Crippen molar-refractivity contribution in [2.45, 2.75) is 25.7 Å². The maximum Gasteiger partial charge on any atom is 0.508 e. The van der Waals surface area contributed by atoms with Gasteiger partial charge in [0.05, 0.1) is 13.2 Å². The van der Waals surface area contributed by atoms with Crippen LogP contribution in [0.5, 0.6) is 0 Å². The third-order valence-corrected chi connectivity index (χ3v) is 3.56. The molecule has 2 aliphatic heterocycles. The Bertz CT molecular complexity index is 220. The number of hydrogen-bond donors (Lipinski definition) is 0. The monoisotopic (exact) mass is 258 g/mol. The van der Waals surface area contributed by atoms with Crippen molar-refractivity contribution in [1.82, 2.24) is 0 Å². The van der Waals surface area contributed by atoms with Crippen LogP contribution < -0.4 is 0 Å². The smallest absolute Gasteiger partial charge is 0.434 e. The van der Waals surface area contributed by atoms with Gasteiger partial charge in [-0.05, 0) is 37.5 Å². The first kappa shape index (κ1) is 13.6. The van der Waals surface area contributed by atoms with Gasteiger partial charge in [0.2, 0.25) is 0 Å². The van der Waals surface area contributed by atoms with Gasteiger partial charge in [-0.2, -0.15) is 0 Å². The lowest BCUT2D eigenvalue weighted by atomic mass is 10.0. The molecule has 0 aliphatic carbocycles. The van der Waals surface area contributed by atoms with Gasteiger partial charge in [-0.25, -0.2) is 4.79 Å². The largest absolute Gasteiger partial charge is 0.508 e. The second kappa shape index (κ2) is 7.59. The minimum absolute atomic E-state index is 0.425. The number of carbonyl (C=O) groups is 1. The number of hydrogen-bond acceptors (Lipinski definition) is 5. The summed E-state index contributed by atoms with van der Waals surface area (Å²) in [7, 11) is 0. The number of ether oxygens (including phenoxy) is 4. The van der Waals surface area contributed by atoms with Crippen molar-refractivity contribution in [3.05, 3.63) is 0 Å². The van der Waals surface area contributed by atoms with Gasteiger partial charge in [-0.15, -0.1) is 0 Å². The predicted octanol–water partition coefficient (Wildman–Crippen LogP) is 1.99. The fourth-order valence-electron chi connectivity index (χ4n) is 2.24. The molecule has 0 saturated carbocycles. The molecule has 0 radical (unpaired) electrons. The third-order valence-electron chi connectivity index (χ3n) is 3.56. The Morgan fingerprint density at radius 3 is 1.61 bits per heavy atom. The molecular formula is C13H22O5. The first-order valence-electron chi connectivity index (χ1n) is 6.79. The fraction of sp³-hybridized carbons (Fsp3) is 0.923. The summed E-state index contributed by atoms with van der Waals surface area (Å²) in [5, 5.41) is 0. The van der Waals surface area contributed by atoms with Crippen LogP contribution in [0.1, 0.15) is 25.7 Å². The Morgan fingerprint density at radius 2 is 1.22 bits per heavy atom. The Hall–Kier alpha value is -0.810. The zero-order chi connectivity index (χ0) is 12.6. The van der Waals surface area contributed by atoms with Gasteiger partial charge in [-0.1, -0.05) is 0 Å². The van der Waals surface area contributed by atoms with E-state index in [1.165, 1.54) is 0 Å². The van der Waals surface area contributed by atoms with Gasteiger partial charge in [0, 0.05) is 26.4 Å².